The van der Waals surface area contributed by atoms with E-state index < -0.39 is 56.8 Å². The van der Waals surface area contributed by atoms with Gasteiger partial charge in [-0.3, -0.25) is 24.2 Å². The number of methoxy groups -OCH3 is 2. The Hall–Kier alpha value is -6.67. The van der Waals surface area contributed by atoms with E-state index in [2.05, 4.69) is 29.7 Å². The third kappa shape index (κ3) is 13.5. The fourth-order valence-corrected chi connectivity index (χ4v) is 9.07. The lowest BCUT2D eigenvalue weighted by Crippen LogP contribution is -2.42. The van der Waals surface area contributed by atoms with Gasteiger partial charge in [0.2, 0.25) is 10.7 Å². The fraction of sp³-hybridized carbons (Fsp3) is 0.250. The Bertz CT molecular complexity index is 3080. The molecule has 7 rings (SSSR count). The number of ether oxygens (including phenoxy) is 3. The van der Waals surface area contributed by atoms with E-state index in [1.807, 2.05) is 0 Å². The van der Waals surface area contributed by atoms with E-state index in [1.165, 1.54) is 39.5 Å². The summed E-state index contributed by atoms with van der Waals surface area (Å²) >= 11 is 14.2. The molecule has 0 aliphatic carbocycles. The smallest absolute Gasteiger partial charge is 0.341 e. The molecule has 0 saturated heterocycles. The quantitative estimate of drug-likeness (QED) is 0.0998. The number of pyridine rings is 1. The molecule has 2 amide bonds. The normalized spacial score (nSPS) is 12.1. The second-order valence-corrected chi connectivity index (χ2v) is 17.8. The van der Waals surface area contributed by atoms with Gasteiger partial charge in [0.25, 0.3) is 10.0 Å². The number of urea groups is 1. The predicted molar refractivity (Wildman–Crippen MR) is 244 cm³/mol. The van der Waals surface area contributed by atoms with Crippen molar-refractivity contribution >= 4 is 103 Å². The second kappa shape index (κ2) is 23.2. The number of benzene rings is 3. The van der Waals surface area contributed by atoms with E-state index in [9.17, 15) is 36.8 Å². The number of carbonyl (C=O) groups excluding carboxylic acids is 2. The van der Waals surface area contributed by atoms with Gasteiger partial charge >= 0.3 is 34.8 Å². The summed E-state index contributed by atoms with van der Waals surface area (Å²) in [5.74, 6) is -2.86. The number of carboxylic acid groups (broad SMARTS) is 2. The van der Waals surface area contributed by atoms with Crippen LogP contribution in [0.4, 0.5) is 20.8 Å². The van der Waals surface area contributed by atoms with Crippen LogP contribution in [0, 0.1) is 12.7 Å². The van der Waals surface area contributed by atoms with Gasteiger partial charge in [0.1, 0.15) is 33.5 Å². The summed E-state index contributed by atoms with van der Waals surface area (Å²) < 4.78 is 58.8. The number of aromatic nitrogens is 6. The summed E-state index contributed by atoms with van der Waals surface area (Å²) in [5, 5.41) is 19.1. The highest BCUT2D eigenvalue weighted by atomic mass is 35.5. The molecular weight excluding hydrogens is 985 g/mol. The molecule has 1 aliphatic rings. The summed E-state index contributed by atoms with van der Waals surface area (Å²) in [4.78, 5) is 78.4. The number of hydrogen-bond donors (Lipinski definition) is 3. The number of hydrogen-bond acceptors (Lipinski definition) is 17. The highest BCUT2D eigenvalue weighted by molar-refractivity contribution is 8.00. The maximum Gasteiger partial charge on any atom is 0.341 e. The van der Waals surface area contributed by atoms with E-state index in [0.29, 0.717) is 39.1 Å². The topological polar surface area (TPSA) is 277 Å². The average Bonchev–Trinajstić information content (AvgIpc) is 3.62. The van der Waals surface area contributed by atoms with E-state index in [0.717, 1.165) is 64.4 Å². The number of aromatic carboxylic acids is 1. The Morgan fingerprint density at radius 3 is 2.39 bits per heavy atom. The van der Waals surface area contributed by atoms with Gasteiger partial charge in [-0.15, -0.1) is 11.8 Å². The number of amides is 2. The van der Waals surface area contributed by atoms with Crippen molar-refractivity contribution in [2.75, 3.05) is 38.5 Å². The number of carbonyl (C=O) groups is 4. The molecule has 27 heteroatoms. The molecular formula is C40H38Cl2FN9O12S3. The zero-order valence-corrected chi connectivity index (χ0v) is 39.5. The molecule has 21 nitrogen and oxygen atoms in total. The van der Waals surface area contributed by atoms with Crippen LogP contribution in [-0.2, 0) is 37.4 Å². The summed E-state index contributed by atoms with van der Waals surface area (Å²) in [5.41, 5.74) is 0.184. The first-order chi connectivity index (χ1) is 31.8. The summed E-state index contributed by atoms with van der Waals surface area (Å²) in [6.45, 7) is 2.47. The second-order valence-electron chi connectivity index (χ2n) is 13.4. The maximum absolute atomic E-state index is 14.3. The molecule has 3 N–H and O–H groups in total. The first-order valence-electron chi connectivity index (χ1n) is 19.1. The first kappa shape index (κ1) is 51.3. The van der Waals surface area contributed by atoms with Gasteiger partial charge in [-0.25, -0.2) is 41.6 Å². The monoisotopic (exact) mass is 1020 g/mol. The molecule has 0 atom stereocenters. The lowest BCUT2D eigenvalue weighted by molar-refractivity contribution is -0.139. The summed E-state index contributed by atoms with van der Waals surface area (Å²) in [6.07, 6.45) is 3.50. The van der Waals surface area contributed by atoms with Crippen molar-refractivity contribution in [1.29, 1.82) is 0 Å². The average molecular weight is 1020 g/mol. The Morgan fingerprint density at radius 2 is 1.70 bits per heavy atom. The van der Waals surface area contributed by atoms with E-state index in [-0.39, 0.29) is 39.1 Å². The fourth-order valence-electron chi connectivity index (χ4n) is 5.69. The van der Waals surface area contributed by atoms with E-state index in [4.69, 9.17) is 42.9 Å². The Morgan fingerprint density at radius 1 is 0.985 bits per heavy atom. The van der Waals surface area contributed by atoms with Crippen LogP contribution in [0.15, 0.2) is 86.4 Å². The van der Waals surface area contributed by atoms with Gasteiger partial charge in [-0.1, -0.05) is 35.3 Å². The van der Waals surface area contributed by atoms with Crippen LogP contribution in [0.3, 0.4) is 0 Å². The molecule has 0 saturated carbocycles. The van der Waals surface area contributed by atoms with Crippen LogP contribution in [0.2, 0.25) is 10.0 Å². The Balaban J connectivity index is 0.000000193. The van der Waals surface area contributed by atoms with Crippen LogP contribution in [0.25, 0.3) is 10.9 Å². The number of aryl methyl sites for hydroxylation is 1. The Kier molecular flexibility index (Phi) is 17.7. The highest BCUT2D eigenvalue weighted by Gasteiger charge is 2.27. The van der Waals surface area contributed by atoms with Crippen molar-refractivity contribution in [3.8, 4) is 11.8 Å². The highest BCUT2D eigenvalue weighted by Crippen LogP contribution is 2.33. The van der Waals surface area contributed by atoms with Crippen LogP contribution in [0.1, 0.15) is 29.0 Å². The third-order valence-corrected chi connectivity index (χ3v) is 12.9. The zero-order chi connectivity index (χ0) is 49.0. The number of nitrogens with one attached hydrogen (secondary N) is 1. The van der Waals surface area contributed by atoms with Gasteiger partial charge < -0.3 is 24.4 Å². The Labute approximate surface area is 397 Å². The third-order valence-electron chi connectivity index (χ3n) is 8.84. The molecule has 0 radical (unpaired) electrons. The zero-order valence-electron chi connectivity index (χ0n) is 35.5. The van der Waals surface area contributed by atoms with Crippen molar-refractivity contribution in [1.82, 2.24) is 34.0 Å². The molecule has 0 spiro atoms. The number of fused-ring (bicyclic) bond motifs is 2. The number of halogens is 3. The first-order valence-corrected chi connectivity index (χ1v) is 23.2. The molecule has 0 bridgehead atoms. The number of nitrogens with zero attached hydrogens (tertiary/aromatic N) is 8. The minimum Gasteiger partial charge on any atom is -0.480 e. The maximum atomic E-state index is 14.3. The number of esters is 1. The molecule has 3 aromatic carbocycles. The molecule has 3 aromatic heterocycles. The van der Waals surface area contributed by atoms with E-state index in [1.54, 1.807) is 51.5 Å². The van der Waals surface area contributed by atoms with Gasteiger partial charge in [0.05, 0.1) is 35.6 Å². The van der Waals surface area contributed by atoms with Crippen molar-refractivity contribution in [2.45, 2.75) is 42.6 Å². The van der Waals surface area contributed by atoms with Crippen molar-refractivity contribution in [2.24, 2.45) is 4.99 Å². The minimum absolute atomic E-state index is 0.0498. The van der Waals surface area contributed by atoms with Crippen molar-refractivity contribution < 1.29 is 56.4 Å². The molecule has 0 fully saturated rings. The number of thioether (sulfide) groups is 1. The van der Waals surface area contributed by atoms with Crippen LogP contribution < -0.4 is 28.8 Å². The summed E-state index contributed by atoms with van der Waals surface area (Å²) in [7, 11) is -0.578. The molecule has 0 unspecified atom stereocenters. The van der Waals surface area contributed by atoms with E-state index >= 15 is 0 Å². The van der Waals surface area contributed by atoms with Gasteiger partial charge in [-0.2, -0.15) is 15.0 Å². The molecule has 67 heavy (non-hydrogen) atoms. The molecule has 1 aliphatic heterocycles. The lowest BCUT2D eigenvalue weighted by Gasteiger charge is -2.17. The number of sulfonamides is 1. The van der Waals surface area contributed by atoms with Crippen LogP contribution >= 0.6 is 46.3 Å². The minimum atomic E-state index is -4.44. The molecule has 354 valence electrons. The number of aliphatic carboxylic acids is 1. The van der Waals surface area contributed by atoms with Gasteiger partial charge in [0.15, 0.2) is 6.61 Å². The SMILES string of the molecule is COC(=O)CSc1cc(N=c2sc(=O)n3n2CCCC3)c(F)cc1Cl.COc1nc(C)nc(N(C)C(=O)NS(=O)(=O)c2ccccc2C(=O)O)n1.O=C(O)COc1ccc(Cl)c2cccnc12. The van der Waals surface area contributed by atoms with Crippen molar-refractivity contribution in [3.05, 3.63) is 109 Å². The largest absolute Gasteiger partial charge is 0.480 e. The van der Waals surface area contributed by atoms with Crippen LogP contribution in [-0.4, -0.2) is 105 Å². The predicted octanol–water partition coefficient (Wildman–Crippen LogP) is 5.57. The molecule has 6 aromatic rings. The van der Waals surface area contributed by atoms with Gasteiger partial charge in [-0.05, 0) is 79.6 Å². The van der Waals surface area contributed by atoms with Crippen molar-refractivity contribution in [3.63, 3.8) is 0 Å². The standard InChI is InChI=1S/C15H15ClFN3O3S2.C14H15N5O6S.C11H8ClNO3/c1-23-13(21)8-24-12-7-11(10(17)6-9(12)16)18-14-19-4-2-3-5-20(19)15(22)25-14;1-8-15-12(17-13(16-8)25-3)19(2)14(22)18-26(23,24)10-7-5-4-6-9(10)11(20)21;12-8-3-4-9(16-6-10(14)15)11-7(8)2-1-5-13-11/h6-7H,2-5,8H2,1H3;4-7H,1-3H3,(H,18,22)(H,20,21);1-5H,6H2,(H,14,15). The molecule has 4 heterocycles. The van der Waals surface area contributed by atoms with Crippen LogP contribution in [0.5, 0.6) is 11.8 Å². The van der Waals surface area contributed by atoms with Gasteiger partial charge in [0, 0.05) is 36.6 Å². The number of anilines is 1. The lowest BCUT2D eigenvalue weighted by atomic mass is 10.2. The number of carboxylic acids is 2. The summed E-state index contributed by atoms with van der Waals surface area (Å²) in [6, 6.07) is 13.2. The number of rotatable bonds is 12.